The molecule has 3 aromatic rings. The highest BCUT2D eigenvalue weighted by Gasteiger charge is 2.17. The molecule has 3 amide bonds. The van der Waals surface area contributed by atoms with Gasteiger partial charge >= 0.3 is 0 Å². The lowest BCUT2D eigenvalue weighted by Crippen LogP contribution is -2.30. The van der Waals surface area contributed by atoms with Crippen LogP contribution in [-0.2, 0) is 27.3 Å². The van der Waals surface area contributed by atoms with Gasteiger partial charge in [0.05, 0.1) is 13.7 Å². The van der Waals surface area contributed by atoms with Crippen LogP contribution in [0.3, 0.4) is 0 Å². The molecule has 0 aliphatic rings. The van der Waals surface area contributed by atoms with E-state index in [9.17, 15) is 18.8 Å². The zero-order valence-corrected chi connectivity index (χ0v) is 22.0. The van der Waals surface area contributed by atoms with Crippen molar-refractivity contribution in [3.8, 4) is 5.75 Å². The molecule has 0 saturated heterocycles. The van der Waals surface area contributed by atoms with Gasteiger partial charge in [0.1, 0.15) is 11.6 Å². The average molecular weight is 536 g/mol. The number of hydrogen-bond acceptors (Lipinski definition) is 5. The van der Waals surface area contributed by atoms with E-state index in [0.717, 1.165) is 11.1 Å². The maximum atomic E-state index is 13.2. The van der Waals surface area contributed by atoms with E-state index in [1.54, 1.807) is 47.8 Å². The third kappa shape index (κ3) is 9.86. The second kappa shape index (κ2) is 15.2. The number of anilines is 2. The van der Waals surface area contributed by atoms with Crippen molar-refractivity contribution in [1.29, 1.82) is 0 Å². The lowest BCUT2D eigenvalue weighted by molar-refractivity contribution is -0.129. The highest BCUT2D eigenvalue weighted by molar-refractivity contribution is 5.93. The summed E-state index contributed by atoms with van der Waals surface area (Å²) >= 11 is 0. The Morgan fingerprint density at radius 2 is 1.56 bits per heavy atom. The van der Waals surface area contributed by atoms with Gasteiger partial charge in [0.15, 0.2) is 0 Å². The number of unbranched alkanes of at least 4 members (excludes halogenated alkanes) is 2. The highest BCUT2D eigenvalue weighted by Crippen LogP contribution is 2.24. The number of rotatable bonds is 14. The predicted octanol–water partition coefficient (Wildman–Crippen LogP) is 5.39. The standard InChI is InChI=1S/C30H34FN3O5/c1-39-27-17-15-26(16-18-27)34(30(37)9-4-2-3-8-29(36)33-38)21-23-6-5-7-25(20-23)32-28(35)19-12-22-10-13-24(31)14-11-22/h5-7,10-11,13-18,20,38H,2-4,8-9,12,19,21H2,1H3,(H,32,35)(H,33,36). The van der Waals surface area contributed by atoms with Crippen LogP contribution in [0.25, 0.3) is 0 Å². The van der Waals surface area contributed by atoms with Crippen molar-refractivity contribution in [2.24, 2.45) is 0 Å². The Balaban J connectivity index is 1.63. The highest BCUT2D eigenvalue weighted by atomic mass is 19.1. The molecule has 0 aliphatic carbocycles. The van der Waals surface area contributed by atoms with Gasteiger partial charge < -0.3 is 15.0 Å². The normalized spacial score (nSPS) is 10.5. The molecule has 0 radical (unpaired) electrons. The number of carbonyl (C=O) groups excluding carboxylic acids is 3. The molecule has 3 rings (SSSR count). The van der Waals surface area contributed by atoms with E-state index in [1.807, 2.05) is 30.3 Å². The molecule has 39 heavy (non-hydrogen) atoms. The molecule has 0 aliphatic heterocycles. The summed E-state index contributed by atoms with van der Waals surface area (Å²) in [6.07, 6.45) is 3.11. The van der Waals surface area contributed by atoms with Crippen molar-refractivity contribution in [2.75, 3.05) is 17.3 Å². The molecule has 8 nitrogen and oxygen atoms in total. The van der Waals surface area contributed by atoms with Crippen LogP contribution in [0.2, 0.25) is 0 Å². The molecule has 0 bridgehead atoms. The van der Waals surface area contributed by atoms with Gasteiger partial charge in [0.25, 0.3) is 0 Å². The van der Waals surface area contributed by atoms with E-state index in [4.69, 9.17) is 9.94 Å². The summed E-state index contributed by atoms with van der Waals surface area (Å²) < 4.78 is 18.3. The average Bonchev–Trinajstić information content (AvgIpc) is 2.95. The van der Waals surface area contributed by atoms with Crippen LogP contribution < -0.4 is 20.4 Å². The fourth-order valence-electron chi connectivity index (χ4n) is 4.08. The van der Waals surface area contributed by atoms with Gasteiger partial charge in [-0.3, -0.25) is 19.6 Å². The van der Waals surface area contributed by atoms with E-state index in [1.165, 1.54) is 12.1 Å². The molecule has 0 heterocycles. The Hall–Kier alpha value is -4.24. The van der Waals surface area contributed by atoms with E-state index >= 15 is 0 Å². The Bertz CT molecular complexity index is 1230. The largest absolute Gasteiger partial charge is 0.497 e. The third-order valence-corrected chi connectivity index (χ3v) is 6.21. The molecule has 9 heteroatoms. The van der Waals surface area contributed by atoms with Gasteiger partial charge in [0, 0.05) is 30.6 Å². The zero-order chi connectivity index (χ0) is 28.0. The number of methoxy groups -OCH3 is 1. The Kier molecular flexibility index (Phi) is 11.5. The van der Waals surface area contributed by atoms with Crippen molar-refractivity contribution in [2.45, 2.75) is 51.5 Å². The summed E-state index contributed by atoms with van der Waals surface area (Å²) in [7, 11) is 1.58. The molecule has 0 atom stereocenters. The molecular weight excluding hydrogens is 501 g/mol. The Labute approximate surface area is 227 Å². The number of ether oxygens (including phenoxy) is 1. The van der Waals surface area contributed by atoms with Crippen LogP contribution in [0, 0.1) is 5.82 Å². The third-order valence-electron chi connectivity index (χ3n) is 6.21. The first-order chi connectivity index (χ1) is 18.9. The number of aryl methyl sites for hydroxylation is 1. The molecular formula is C30H34FN3O5. The monoisotopic (exact) mass is 535 g/mol. The Morgan fingerprint density at radius 1 is 0.846 bits per heavy atom. The van der Waals surface area contributed by atoms with Gasteiger partial charge in [-0.25, -0.2) is 9.87 Å². The fraction of sp³-hybridized carbons (Fsp3) is 0.300. The molecule has 0 unspecified atom stereocenters. The minimum Gasteiger partial charge on any atom is -0.497 e. The van der Waals surface area contributed by atoms with Crippen LogP contribution in [0.15, 0.2) is 72.8 Å². The maximum absolute atomic E-state index is 13.2. The van der Waals surface area contributed by atoms with Gasteiger partial charge in [-0.05, 0) is 78.9 Å². The second-order valence-corrected chi connectivity index (χ2v) is 9.15. The molecule has 0 aromatic heterocycles. The maximum Gasteiger partial charge on any atom is 0.243 e. The number of halogens is 1. The molecule has 0 saturated carbocycles. The number of nitrogens with one attached hydrogen (secondary N) is 2. The molecule has 3 aromatic carbocycles. The lowest BCUT2D eigenvalue weighted by atomic mass is 10.1. The predicted molar refractivity (Wildman–Crippen MR) is 147 cm³/mol. The summed E-state index contributed by atoms with van der Waals surface area (Å²) in [5, 5.41) is 11.5. The van der Waals surface area contributed by atoms with Gasteiger partial charge in [0.2, 0.25) is 17.7 Å². The van der Waals surface area contributed by atoms with Crippen LogP contribution in [0.1, 0.15) is 49.7 Å². The fourth-order valence-corrected chi connectivity index (χ4v) is 4.08. The Morgan fingerprint density at radius 3 is 2.26 bits per heavy atom. The smallest absolute Gasteiger partial charge is 0.243 e. The first kappa shape index (κ1) is 29.3. The summed E-state index contributed by atoms with van der Waals surface area (Å²) in [6.45, 7) is 0.303. The van der Waals surface area contributed by atoms with Crippen LogP contribution >= 0.6 is 0 Å². The van der Waals surface area contributed by atoms with Crippen LogP contribution in [0.4, 0.5) is 15.8 Å². The number of hydroxylamine groups is 1. The minimum atomic E-state index is -0.441. The van der Waals surface area contributed by atoms with Gasteiger partial charge in [-0.1, -0.05) is 30.7 Å². The summed E-state index contributed by atoms with van der Waals surface area (Å²) in [4.78, 5) is 38.6. The van der Waals surface area contributed by atoms with E-state index in [2.05, 4.69) is 5.32 Å². The van der Waals surface area contributed by atoms with E-state index in [-0.39, 0.29) is 30.5 Å². The minimum absolute atomic E-state index is 0.0690. The summed E-state index contributed by atoms with van der Waals surface area (Å²) in [5.41, 5.74) is 4.68. The molecule has 3 N–H and O–H groups in total. The van der Waals surface area contributed by atoms with Crippen molar-refractivity contribution in [3.63, 3.8) is 0 Å². The summed E-state index contributed by atoms with van der Waals surface area (Å²) in [5.74, 6) is -0.300. The van der Waals surface area contributed by atoms with E-state index in [0.29, 0.717) is 55.8 Å². The lowest BCUT2D eigenvalue weighted by Gasteiger charge is -2.24. The van der Waals surface area contributed by atoms with Gasteiger partial charge in [-0.2, -0.15) is 0 Å². The first-order valence-electron chi connectivity index (χ1n) is 12.9. The van der Waals surface area contributed by atoms with Crippen molar-refractivity contribution < 1.29 is 28.7 Å². The second-order valence-electron chi connectivity index (χ2n) is 9.15. The SMILES string of the molecule is COc1ccc(N(Cc2cccc(NC(=O)CCc3ccc(F)cc3)c2)C(=O)CCCCCC(=O)NO)cc1. The van der Waals surface area contributed by atoms with Crippen LogP contribution in [0.5, 0.6) is 5.75 Å². The number of benzene rings is 3. The molecule has 0 fully saturated rings. The number of carbonyl (C=O) groups is 3. The topological polar surface area (TPSA) is 108 Å². The zero-order valence-electron chi connectivity index (χ0n) is 22.0. The molecule has 206 valence electrons. The first-order valence-corrected chi connectivity index (χ1v) is 12.9. The van der Waals surface area contributed by atoms with Crippen molar-refractivity contribution in [1.82, 2.24) is 5.48 Å². The number of nitrogens with zero attached hydrogens (tertiary/aromatic N) is 1. The number of hydrogen-bond donors (Lipinski definition) is 3. The quantitative estimate of drug-likeness (QED) is 0.146. The molecule has 0 spiro atoms. The van der Waals surface area contributed by atoms with Crippen molar-refractivity contribution >= 4 is 29.1 Å². The number of amides is 3. The van der Waals surface area contributed by atoms with E-state index < -0.39 is 5.91 Å². The van der Waals surface area contributed by atoms with Gasteiger partial charge in [-0.15, -0.1) is 0 Å². The summed E-state index contributed by atoms with van der Waals surface area (Å²) in [6, 6.07) is 20.7. The van der Waals surface area contributed by atoms with Crippen molar-refractivity contribution in [3.05, 3.63) is 89.7 Å². The van der Waals surface area contributed by atoms with Crippen LogP contribution in [-0.4, -0.2) is 30.0 Å².